The molecule has 0 aromatic heterocycles. The van der Waals surface area contributed by atoms with E-state index in [1.807, 2.05) is 0 Å². The van der Waals surface area contributed by atoms with Crippen LogP contribution in [0.3, 0.4) is 0 Å². The molecule has 0 heterocycles. The SMILES string of the molecule is CCOC(=O)NC(=S)Nc1cccc(C(=O)NCC(=O)NC(CC(=O)O)c2ccc(Cl)c(Cl)c2)c1. The van der Waals surface area contributed by atoms with Crippen LogP contribution in [0, 0.1) is 0 Å². The lowest BCUT2D eigenvalue weighted by atomic mass is 10.0. The maximum atomic E-state index is 12.5. The number of carboxylic acid groups (broad SMARTS) is 1. The molecular formula is C22H22Cl2N4O6S. The van der Waals surface area contributed by atoms with Crippen LogP contribution in [-0.2, 0) is 14.3 Å². The van der Waals surface area contributed by atoms with E-state index in [4.69, 9.17) is 40.2 Å². The number of nitrogens with one attached hydrogen (secondary N) is 4. The second kappa shape index (κ2) is 13.5. The fourth-order valence-corrected chi connectivity index (χ4v) is 3.33. The Morgan fingerprint density at radius 2 is 1.83 bits per heavy atom. The Bertz CT molecular complexity index is 1130. The minimum atomic E-state index is -1.13. The molecule has 0 aliphatic heterocycles. The first-order valence-electron chi connectivity index (χ1n) is 10.2. The first-order chi connectivity index (χ1) is 16.6. The van der Waals surface area contributed by atoms with Crippen LogP contribution < -0.4 is 21.3 Å². The Morgan fingerprint density at radius 3 is 2.49 bits per heavy atom. The summed E-state index contributed by atoms with van der Waals surface area (Å²) in [5.74, 6) is -2.30. The number of alkyl carbamates (subject to hydrolysis) is 1. The first-order valence-corrected chi connectivity index (χ1v) is 11.3. The van der Waals surface area contributed by atoms with E-state index >= 15 is 0 Å². The molecule has 1 atom stereocenters. The average molecular weight is 541 g/mol. The summed E-state index contributed by atoms with van der Waals surface area (Å²) in [5.41, 5.74) is 1.09. The van der Waals surface area contributed by atoms with Gasteiger partial charge in [0.25, 0.3) is 5.91 Å². The van der Waals surface area contributed by atoms with Crippen LogP contribution in [0.5, 0.6) is 0 Å². The molecule has 0 bridgehead atoms. The molecule has 0 aliphatic carbocycles. The summed E-state index contributed by atoms with van der Waals surface area (Å²) in [5, 5.41) is 19.8. The summed E-state index contributed by atoms with van der Waals surface area (Å²) in [6.45, 7) is 1.43. The molecule has 3 amide bonds. The van der Waals surface area contributed by atoms with Gasteiger partial charge in [-0.2, -0.15) is 0 Å². The lowest BCUT2D eigenvalue weighted by Gasteiger charge is -2.18. The Hall–Kier alpha value is -3.41. The molecule has 2 rings (SSSR count). The smallest absolute Gasteiger partial charge is 0.413 e. The van der Waals surface area contributed by atoms with E-state index in [9.17, 15) is 24.3 Å². The zero-order valence-electron chi connectivity index (χ0n) is 18.4. The van der Waals surface area contributed by atoms with Crippen LogP contribution in [0.1, 0.15) is 35.3 Å². The van der Waals surface area contributed by atoms with Crippen molar-refractivity contribution in [3.63, 3.8) is 0 Å². The maximum Gasteiger partial charge on any atom is 0.413 e. The summed E-state index contributed by atoms with van der Waals surface area (Å²) in [6, 6.07) is 9.83. The van der Waals surface area contributed by atoms with Gasteiger partial charge in [0.1, 0.15) is 0 Å². The Balaban J connectivity index is 1.96. The van der Waals surface area contributed by atoms with Crippen molar-refractivity contribution in [3.8, 4) is 0 Å². The van der Waals surface area contributed by atoms with E-state index in [1.54, 1.807) is 25.1 Å². The van der Waals surface area contributed by atoms with Gasteiger partial charge in [-0.3, -0.25) is 19.7 Å². The van der Waals surface area contributed by atoms with Crippen molar-refractivity contribution in [2.75, 3.05) is 18.5 Å². The van der Waals surface area contributed by atoms with Crippen LogP contribution in [0.15, 0.2) is 42.5 Å². The molecule has 13 heteroatoms. The minimum absolute atomic E-state index is 0.0211. The number of halogens is 2. The molecule has 0 saturated carbocycles. The average Bonchev–Trinajstić information content (AvgIpc) is 2.78. The molecule has 0 radical (unpaired) electrons. The van der Waals surface area contributed by atoms with Crippen molar-refractivity contribution in [2.24, 2.45) is 0 Å². The monoisotopic (exact) mass is 540 g/mol. The van der Waals surface area contributed by atoms with Crippen molar-refractivity contribution >= 4 is 70.1 Å². The third kappa shape index (κ3) is 9.39. The van der Waals surface area contributed by atoms with Gasteiger partial charge in [-0.15, -0.1) is 0 Å². The number of ether oxygens (including phenoxy) is 1. The zero-order valence-corrected chi connectivity index (χ0v) is 20.7. The molecule has 186 valence electrons. The largest absolute Gasteiger partial charge is 0.481 e. The van der Waals surface area contributed by atoms with Gasteiger partial charge < -0.3 is 25.8 Å². The molecule has 0 saturated heterocycles. The van der Waals surface area contributed by atoms with Crippen molar-refractivity contribution in [1.82, 2.24) is 16.0 Å². The predicted molar refractivity (Wildman–Crippen MR) is 135 cm³/mol. The maximum absolute atomic E-state index is 12.5. The van der Waals surface area contributed by atoms with E-state index in [2.05, 4.69) is 21.3 Å². The van der Waals surface area contributed by atoms with Crippen LogP contribution in [-0.4, -0.2) is 47.2 Å². The second-order valence-electron chi connectivity index (χ2n) is 6.95. The third-order valence-corrected chi connectivity index (χ3v) is 5.29. The van der Waals surface area contributed by atoms with Gasteiger partial charge in [0, 0.05) is 11.3 Å². The lowest BCUT2D eigenvalue weighted by Crippen LogP contribution is -2.39. The number of carboxylic acids is 1. The summed E-state index contributed by atoms with van der Waals surface area (Å²) in [4.78, 5) is 47.6. The molecule has 0 aliphatic rings. The summed E-state index contributed by atoms with van der Waals surface area (Å²) in [6.07, 6.45) is -1.11. The highest BCUT2D eigenvalue weighted by molar-refractivity contribution is 7.80. The molecule has 1 unspecified atom stereocenters. The van der Waals surface area contributed by atoms with Gasteiger partial charge >= 0.3 is 12.1 Å². The number of amides is 3. The van der Waals surface area contributed by atoms with Crippen molar-refractivity contribution in [1.29, 1.82) is 0 Å². The van der Waals surface area contributed by atoms with E-state index < -0.39 is 42.9 Å². The summed E-state index contributed by atoms with van der Waals surface area (Å²) >= 11 is 16.9. The fraction of sp³-hybridized carbons (Fsp3) is 0.227. The van der Waals surface area contributed by atoms with Gasteiger partial charge in [0.05, 0.1) is 35.7 Å². The molecule has 2 aromatic rings. The number of hydrogen-bond acceptors (Lipinski definition) is 6. The van der Waals surface area contributed by atoms with Crippen LogP contribution in [0.4, 0.5) is 10.5 Å². The van der Waals surface area contributed by atoms with E-state index in [-0.39, 0.29) is 27.3 Å². The number of rotatable bonds is 9. The highest BCUT2D eigenvalue weighted by atomic mass is 35.5. The molecule has 2 aromatic carbocycles. The summed E-state index contributed by atoms with van der Waals surface area (Å²) in [7, 11) is 0. The molecule has 10 nitrogen and oxygen atoms in total. The topological polar surface area (TPSA) is 146 Å². The molecular weight excluding hydrogens is 519 g/mol. The van der Waals surface area contributed by atoms with Crippen LogP contribution in [0.25, 0.3) is 0 Å². The van der Waals surface area contributed by atoms with Crippen molar-refractivity contribution < 1.29 is 29.0 Å². The fourth-order valence-electron chi connectivity index (χ4n) is 2.82. The summed E-state index contributed by atoms with van der Waals surface area (Å²) < 4.78 is 4.73. The van der Waals surface area contributed by atoms with Crippen molar-refractivity contribution in [3.05, 3.63) is 63.6 Å². The van der Waals surface area contributed by atoms with Crippen LogP contribution in [0.2, 0.25) is 10.0 Å². The van der Waals surface area contributed by atoms with E-state index in [0.29, 0.717) is 11.3 Å². The standard InChI is InChI=1S/C22H22Cl2N4O6S/c1-2-34-22(33)28-21(35)26-14-5-3-4-13(8-14)20(32)25-11-18(29)27-17(10-19(30)31)12-6-7-15(23)16(24)9-12/h3-9,17H,2,10-11H2,1H3,(H,25,32)(H,27,29)(H,30,31)(H2,26,28,33,35). The number of benzene rings is 2. The number of carbonyl (C=O) groups is 4. The number of carbonyl (C=O) groups excluding carboxylic acids is 3. The molecule has 5 N–H and O–H groups in total. The lowest BCUT2D eigenvalue weighted by molar-refractivity contribution is -0.137. The number of anilines is 1. The molecule has 35 heavy (non-hydrogen) atoms. The minimum Gasteiger partial charge on any atom is -0.481 e. The Kier molecular flexibility index (Phi) is 10.7. The van der Waals surface area contributed by atoms with Gasteiger partial charge in [-0.05, 0) is 55.0 Å². The van der Waals surface area contributed by atoms with Gasteiger partial charge in [0.15, 0.2) is 5.11 Å². The van der Waals surface area contributed by atoms with Gasteiger partial charge in [-0.25, -0.2) is 4.79 Å². The van der Waals surface area contributed by atoms with E-state index in [1.165, 1.54) is 24.3 Å². The quantitative estimate of drug-likeness (QED) is 0.304. The predicted octanol–water partition coefficient (Wildman–Crippen LogP) is 3.50. The first kappa shape index (κ1) is 27.8. The number of thiocarbonyl (C=S) groups is 1. The van der Waals surface area contributed by atoms with Crippen LogP contribution >= 0.6 is 35.4 Å². The Labute approximate surface area is 216 Å². The van der Waals surface area contributed by atoms with Crippen molar-refractivity contribution in [2.45, 2.75) is 19.4 Å². The van der Waals surface area contributed by atoms with Gasteiger partial charge in [-0.1, -0.05) is 35.3 Å². The van der Waals surface area contributed by atoms with Gasteiger partial charge in [0.2, 0.25) is 5.91 Å². The highest BCUT2D eigenvalue weighted by Crippen LogP contribution is 2.27. The highest BCUT2D eigenvalue weighted by Gasteiger charge is 2.20. The molecule has 0 spiro atoms. The number of aliphatic carboxylic acids is 1. The zero-order chi connectivity index (χ0) is 26.0. The molecule has 0 fully saturated rings. The normalized spacial score (nSPS) is 11.1. The second-order valence-corrected chi connectivity index (χ2v) is 8.18. The van der Waals surface area contributed by atoms with E-state index in [0.717, 1.165) is 0 Å². The third-order valence-electron chi connectivity index (χ3n) is 4.34. The Morgan fingerprint density at radius 1 is 1.09 bits per heavy atom. The number of hydrogen-bond donors (Lipinski definition) is 5.